The average molecular weight is 852 g/mol. The van der Waals surface area contributed by atoms with Crippen LogP contribution in [0.2, 0.25) is 0 Å². The summed E-state index contributed by atoms with van der Waals surface area (Å²) < 4.78 is 7.09. The lowest BCUT2D eigenvalue weighted by Crippen LogP contribution is -2.49. The molecule has 326 valence electrons. The summed E-state index contributed by atoms with van der Waals surface area (Å²) in [5.74, 6) is 0.443. The Hall–Kier alpha value is -6.94. The molecule has 0 aliphatic carbocycles. The van der Waals surface area contributed by atoms with Gasteiger partial charge in [0, 0.05) is 106 Å². The number of urea groups is 1. The summed E-state index contributed by atoms with van der Waals surface area (Å²) in [4.78, 5) is 63.0. The Morgan fingerprint density at radius 1 is 0.841 bits per heavy atom. The number of ether oxygens (including phenoxy) is 1. The average Bonchev–Trinajstić information content (AvgIpc) is 3.57. The van der Waals surface area contributed by atoms with Gasteiger partial charge in [-0.2, -0.15) is 5.10 Å². The third-order valence-electron chi connectivity index (χ3n) is 12.8. The maximum Gasteiger partial charge on any atom is 0.328 e. The van der Waals surface area contributed by atoms with Gasteiger partial charge in [-0.1, -0.05) is 12.1 Å². The molecule has 63 heavy (non-hydrogen) atoms. The lowest BCUT2D eigenvalue weighted by molar-refractivity contribution is -0.120. The predicted octanol–water partition coefficient (Wildman–Crippen LogP) is 5.08. The molecule has 0 unspecified atom stereocenters. The number of amides is 5. The van der Waals surface area contributed by atoms with Gasteiger partial charge in [0.1, 0.15) is 22.6 Å². The number of piperidine rings is 1. The summed E-state index contributed by atoms with van der Waals surface area (Å²) in [6.45, 7) is 10.3. The van der Waals surface area contributed by atoms with Gasteiger partial charge in [-0.05, 0) is 109 Å². The van der Waals surface area contributed by atoms with Gasteiger partial charge in [-0.25, -0.2) is 14.5 Å². The molecular formula is C47H53N11O5. The fraction of sp³-hybridized carbons (Fsp3) is 0.362. The number of carbonyl (C=O) groups is 4. The van der Waals surface area contributed by atoms with E-state index in [2.05, 4.69) is 66.0 Å². The van der Waals surface area contributed by atoms with Gasteiger partial charge in [-0.15, -0.1) is 0 Å². The van der Waals surface area contributed by atoms with Gasteiger partial charge in [0.15, 0.2) is 0 Å². The second kappa shape index (κ2) is 17.8. The van der Waals surface area contributed by atoms with Gasteiger partial charge >= 0.3 is 6.03 Å². The van der Waals surface area contributed by atoms with Crippen molar-refractivity contribution < 1.29 is 23.9 Å². The number of pyridine rings is 1. The van der Waals surface area contributed by atoms with Crippen molar-refractivity contribution >= 4 is 52.3 Å². The first-order valence-corrected chi connectivity index (χ1v) is 21.7. The van der Waals surface area contributed by atoms with Crippen molar-refractivity contribution in [3.8, 4) is 17.1 Å². The number of anilines is 5. The summed E-state index contributed by atoms with van der Waals surface area (Å²) >= 11 is 0. The number of nitrogens with one attached hydrogen (secondary N) is 3. The van der Waals surface area contributed by atoms with Crippen LogP contribution in [0.5, 0.6) is 5.88 Å². The van der Waals surface area contributed by atoms with E-state index in [-0.39, 0.29) is 23.7 Å². The van der Waals surface area contributed by atoms with Crippen molar-refractivity contribution in [2.75, 3.05) is 79.5 Å². The van der Waals surface area contributed by atoms with E-state index < -0.39 is 5.91 Å². The molecule has 0 atom stereocenters. The summed E-state index contributed by atoms with van der Waals surface area (Å²) in [6, 6.07) is 23.5. The van der Waals surface area contributed by atoms with Crippen LogP contribution >= 0.6 is 0 Å². The molecule has 4 aliphatic heterocycles. The second-order valence-electron chi connectivity index (χ2n) is 16.7. The number of hydrogen-bond acceptors (Lipinski definition) is 11. The van der Waals surface area contributed by atoms with E-state index in [1.165, 1.54) is 24.0 Å². The smallest absolute Gasteiger partial charge is 0.328 e. The molecule has 16 nitrogen and oxygen atoms in total. The van der Waals surface area contributed by atoms with Gasteiger partial charge in [0.25, 0.3) is 11.8 Å². The van der Waals surface area contributed by atoms with Crippen molar-refractivity contribution in [3.63, 3.8) is 0 Å². The molecule has 0 bridgehead atoms. The highest BCUT2D eigenvalue weighted by Crippen LogP contribution is 2.37. The Bertz CT molecular complexity index is 2540. The zero-order chi connectivity index (χ0) is 43.6. The monoisotopic (exact) mass is 851 g/mol. The van der Waals surface area contributed by atoms with E-state index in [0.717, 1.165) is 93.1 Å². The molecule has 2 aromatic heterocycles. The topological polar surface area (TPSA) is 183 Å². The molecular weight excluding hydrogens is 799 g/mol. The number of piperazine rings is 1. The molecule has 5 N–H and O–H groups in total. The van der Waals surface area contributed by atoms with E-state index in [9.17, 15) is 19.2 Å². The molecule has 5 aromatic rings. The van der Waals surface area contributed by atoms with Crippen LogP contribution in [0.1, 0.15) is 56.7 Å². The van der Waals surface area contributed by atoms with Crippen molar-refractivity contribution in [3.05, 3.63) is 107 Å². The van der Waals surface area contributed by atoms with Gasteiger partial charge in [0.2, 0.25) is 11.8 Å². The molecule has 3 saturated heterocycles. The predicted molar refractivity (Wildman–Crippen MR) is 242 cm³/mol. The second-order valence-corrected chi connectivity index (χ2v) is 16.7. The number of rotatable bonds is 11. The van der Waals surface area contributed by atoms with Gasteiger partial charge < -0.3 is 30.9 Å². The molecule has 0 radical (unpaired) electrons. The zero-order valence-corrected chi connectivity index (χ0v) is 35.7. The van der Waals surface area contributed by atoms with Gasteiger partial charge in [0.05, 0.1) is 7.11 Å². The number of hydrogen-bond donors (Lipinski definition) is 4. The Kier molecular flexibility index (Phi) is 11.7. The van der Waals surface area contributed by atoms with Crippen LogP contribution in [0.3, 0.4) is 0 Å². The molecule has 4 aliphatic rings. The fourth-order valence-electron chi connectivity index (χ4n) is 9.27. The molecule has 16 heteroatoms. The van der Waals surface area contributed by atoms with Crippen LogP contribution in [-0.4, -0.2) is 103 Å². The number of fused-ring (bicyclic) bond motifs is 2. The lowest BCUT2D eigenvalue weighted by Gasteiger charge is -2.40. The molecule has 3 fully saturated rings. The third kappa shape index (κ3) is 8.76. The number of aryl methyl sites for hydroxylation is 3. The van der Waals surface area contributed by atoms with Crippen molar-refractivity contribution in [1.29, 1.82) is 0 Å². The highest BCUT2D eigenvalue weighted by atomic mass is 16.5. The summed E-state index contributed by atoms with van der Waals surface area (Å²) in [5.41, 5.74) is 15.2. The number of aromatic nitrogens is 3. The van der Waals surface area contributed by atoms with Crippen LogP contribution in [0.15, 0.2) is 79.0 Å². The number of nitrogens with zero attached hydrogens (tertiary/aromatic N) is 7. The first kappa shape index (κ1) is 41.4. The standard InChI is InChI=1S/C47H53N11O5/c1-30-26-33(5-6-34(30)28-50-45(61)38-4-3-17-49-46(38)63-2)42-41(43(48)60)44-51-39-12-11-37(27-32(39)15-21-58(44)53-42)56-24-22-54(23-25-56)29-31-13-18-55(19-14-31)35-7-9-36(10-8-35)57-20-16-40(59)52-47(57)62/h3-12,17,26-27,31,51H,13-16,18-25,28-29H2,1-2H3,(H2,48,60)(H,50,61)(H,52,59,62). The van der Waals surface area contributed by atoms with E-state index in [0.29, 0.717) is 54.6 Å². The molecule has 6 heterocycles. The van der Waals surface area contributed by atoms with Crippen molar-refractivity contribution in [2.45, 2.75) is 45.7 Å². The maximum absolute atomic E-state index is 13.1. The Morgan fingerprint density at radius 2 is 1.59 bits per heavy atom. The van der Waals surface area contributed by atoms with Crippen LogP contribution in [0.25, 0.3) is 11.3 Å². The molecule has 9 rings (SSSR count). The van der Waals surface area contributed by atoms with Crippen LogP contribution in [0.4, 0.5) is 33.4 Å². The van der Waals surface area contributed by atoms with Crippen LogP contribution in [-0.2, 0) is 24.3 Å². The summed E-state index contributed by atoms with van der Waals surface area (Å²) in [7, 11) is 1.48. The normalized spacial score (nSPS) is 17.0. The number of imide groups is 1. The molecule has 3 aromatic carbocycles. The largest absolute Gasteiger partial charge is 0.480 e. The number of primary amides is 1. The maximum atomic E-state index is 13.1. The first-order chi connectivity index (χ1) is 30.6. The SMILES string of the molecule is COc1ncccc1C(=O)NCc1ccc(-c2nn3c(c2C(N)=O)Nc2ccc(N4CCN(CC5CCN(c6ccc(N7CCC(=O)NC7=O)cc6)CC5)CC4)cc2CC3)cc1C. The minimum atomic E-state index is -0.557. The Labute approximate surface area is 366 Å². The lowest BCUT2D eigenvalue weighted by atomic mass is 9.95. The minimum Gasteiger partial charge on any atom is -0.480 e. The number of carbonyl (C=O) groups excluding carboxylic acids is 4. The highest BCUT2D eigenvalue weighted by Gasteiger charge is 2.29. The third-order valence-corrected chi connectivity index (χ3v) is 12.8. The van der Waals surface area contributed by atoms with E-state index >= 15 is 0 Å². The Morgan fingerprint density at radius 3 is 2.32 bits per heavy atom. The minimum absolute atomic E-state index is 0.225. The van der Waals surface area contributed by atoms with Crippen LogP contribution < -0.4 is 41.1 Å². The number of methoxy groups -OCH3 is 1. The number of nitrogens with two attached hydrogens (primary N) is 1. The fourth-order valence-corrected chi connectivity index (χ4v) is 9.27. The van der Waals surface area contributed by atoms with Gasteiger partial charge in [-0.3, -0.25) is 29.5 Å². The molecule has 0 saturated carbocycles. The quantitative estimate of drug-likeness (QED) is 0.139. The first-order valence-electron chi connectivity index (χ1n) is 21.7. The highest BCUT2D eigenvalue weighted by molar-refractivity contribution is 6.06. The zero-order valence-electron chi connectivity index (χ0n) is 35.7. The Balaban J connectivity index is 0.781. The summed E-state index contributed by atoms with van der Waals surface area (Å²) in [5, 5.41) is 13.8. The summed E-state index contributed by atoms with van der Waals surface area (Å²) in [6.07, 6.45) is 4.92. The molecule has 5 amide bonds. The van der Waals surface area contributed by atoms with E-state index in [4.69, 9.17) is 15.6 Å². The van der Waals surface area contributed by atoms with Crippen LogP contribution in [0, 0.1) is 12.8 Å². The molecule has 0 spiro atoms. The number of benzene rings is 3. The van der Waals surface area contributed by atoms with Crippen molar-refractivity contribution in [2.24, 2.45) is 11.7 Å². The van der Waals surface area contributed by atoms with Crippen molar-refractivity contribution in [1.82, 2.24) is 30.3 Å². The van der Waals surface area contributed by atoms with E-state index in [1.807, 2.05) is 41.9 Å². The van der Waals surface area contributed by atoms with E-state index in [1.54, 1.807) is 23.2 Å².